The van der Waals surface area contributed by atoms with Crippen LogP contribution in [0.5, 0.6) is 11.6 Å². The number of methoxy groups -OCH3 is 2. The molecule has 0 spiro atoms. The van der Waals surface area contributed by atoms with Crippen LogP contribution in [-0.2, 0) is 11.2 Å². The molecule has 0 saturated carbocycles. The van der Waals surface area contributed by atoms with E-state index in [2.05, 4.69) is 4.98 Å². The smallest absolute Gasteiger partial charge is 0.221 e. The largest absolute Gasteiger partial charge is 0.497 e. The number of fused-ring (bicyclic) bond motifs is 1. The average molecular weight is 405 g/mol. The maximum absolute atomic E-state index is 11.4. The molecule has 4 aromatic rings. The summed E-state index contributed by atoms with van der Waals surface area (Å²) in [6.45, 7) is 0. The van der Waals surface area contributed by atoms with E-state index in [9.17, 15) is 4.79 Å². The second-order valence-corrected chi connectivity index (χ2v) is 7.49. The van der Waals surface area contributed by atoms with Crippen molar-refractivity contribution in [3.8, 4) is 33.3 Å². The maximum Gasteiger partial charge on any atom is 0.221 e. The van der Waals surface area contributed by atoms with Crippen molar-refractivity contribution in [1.82, 2.24) is 9.97 Å². The number of nitrogens with zero attached hydrogens (tertiary/aromatic N) is 2. The standard InChI is InChI=1S/C22H19N3O3S/c1-27-15-4-6-18-19(12-15)29-22(25-18)17-9-13(10-20(23)26)3-5-16(17)14-7-8-24-21(11-14)28-2/h3-9,11-12H,10H2,1-2H3,(H2,23,26). The summed E-state index contributed by atoms with van der Waals surface area (Å²) >= 11 is 1.57. The van der Waals surface area contributed by atoms with E-state index >= 15 is 0 Å². The Hall–Kier alpha value is -3.45. The van der Waals surface area contributed by atoms with E-state index in [-0.39, 0.29) is 12.3 Å². The van der Waals surface area contributed by atoms with Gasteiger partial charge in [-0.25, -0.2) is 9.97 Å². The third-order valence-corrected chi connectivity index (χ3v) is 5.59. The third-order valence-electron chi connectivity index (χ3n) is 4.54. The van der Waals surface area contributed by atoms with Crippen LogP contribution in [0.2, 0.25) is 0 Å². The van der Waals surface area contributed by atoms with Gasteiger partial charge in [-0.2, -0.15) is 0 Å². The Balaban J connectivity index is 1.89. The molecule has 0 radical (unpaired) electrons. The van der Waals surface area contributed by atoms with Crippen molar-refractivity contribution in [2.75, 3.05) is 14.2 Å². The summed E-state index contributed by atoms with van der Waals surface area (Å²) in [5, 5.41) is 0.852. The van der Waals surface area contributed by atoms with Crippen LogP contribution < -0.4 is 15.2 Å². The van der Waals surface area contributed by atoms with Gasteiger partial charge in [0.1, 0.15) is 10.8 Å². The van der Waals surface area contributed by atoms with Crippen molar-refractivity contribution in [3.63, 3.8) is 0 Å². The molecule has 1 amide bonds. The van der Waals surface area contributed by atoms with E-state index in [1.165, 1.54) is 0 Å². The van der Waals surface area contributed by atoms with Gasteiger partial charge in [-0.3, -0.25) is 4.79 Å². The van der Waals surface area contributed by atoms with E-state index in [0.29, 0.717) is 5.88 Å². The first-order valence-electron chi connectivity index (χ1n) is 8.94. The first-order chi connectivity index (χ1) is 14.1. The number of carbonyl (C=O) groups excluding carboxylic acids is 1. The van der Waals surface area contributed by atoms with Crippen LogP contribution >= 0.6 is 11.3 Å². The number of rotatable bonds is 6. The van der Waals surface area contributed by atoms with Gasteiger partial charge in [0, 0.05) is 17.8 Å². The van der Waals surface area contributed by atoms with Crippen LogP contribution in [0.3, 0.4) is 0 Å². The lowest BCUT2D eigenvalue weighted by Gasteiger charge is -2.11. The van der Waals surface area contributed by atoms with Crippen LogP contribution in [0.25, 0.3) is 31.9 Å². The third kappa shape index (κ3) is 3.90. The molecule has 146 valence electrons. The fourth-order valence-corrected chi connectivity index (χ4v) is 4.19. The molecule has 6 nitrogen and oxygen atoms in total. The Morgan fingerprint density at radius 2 is 1.90 bits per heavy atom. The van der Waals surface area contributed by atoms with E-state index < -0.39 is 0 Å². The predicted octanol–water partition coefficient (Wildman–Crippen LogP) is 4.07. The average Bonchev–Trinajstić information content (AvgIpc) is 3.16. The molecule has 7 heteroatoms. The van der Waals surface area contributed by atoms with Crippen LogP contribution in [0, 0.1) is 0 Å². The lowest BCUT2D eigenvalue weighted by Crippen LogP contribution is -2.13. The Kier molecular flexibility index (Phi) is 5.14. The number of benzene rings is 2. The summed E-state index contributed by atoms with van der Waals surface area (Å²) in [6.07, 6.45) is 1.88. The first-order valence-corrected chi connectivity index (χ1v) is 9.75. The maximum atomic E-state index is 11.4. The van der Waals surface area contributed by atoms with Gasteiger partial charge >= 0.3 is 0 Å². The number of amides is 1. The highest BCUT2D eigenvalue weighted by atomic mass is 32.1. The SMILES string of the molecule is COc1ccc2nc(-c3cc(CC(N)=O)ccc3-c3ccnc(OC)c3)sc2c1. The van der Waals surface area contributed by atoms with Crippen molar-refractivity contribution < 1.29 is 14.3 Å². The van der Waals surface area contributed by atoms with Crippen LogP contribution in [0.1, 0.15) is 5.56 Å². The summed E-state index contributed by atoms with van der Waals surface area (Å²) in [5.74, 6) is 0.946. The molecule has 0 bridgehead atoms. The highest BCUT2D eigenvalue weighted by molar-refractivity contribution is 7.21. The Morgan fingerprint density at radius 3 is 2.66 bits per heavy atom. The van der Waals surface area contributed by atoms with Crippen molar-refractivity contribution in [2.45, 2.75) is 6.42 Å². The van der Waals surface area contributed by atoms with Crippen LogP contribution in [-0.4, -0.2) is 30.1 Å². The minimum Gasteiger partial charge on any atom is -0.497 e. The zero-order valence-corrected chi connectivity index (χ0v) is 16.8. The number of ether oxygens (including phenoxy) is 2. The number of nitrogens with two attached hydrogens (primary N) is 1. The molecule has 29 heavy (non-hydrogen) atoms. The minimum atomic E-state index is -0.372. The number of carbonyl (C=O) groups is 1. The van der Waals surface area contributed by atoms with Crippen LogP contribution in [0.15, 0.2) is 54.7 Å². The number of hydrogen-bond donors (Lipinski definition) is 1. The molecule has 4 rings (SSSR count). The monoisotopic (exact) mass is 405 g/mol. The lowest BCUT2D eigenvalue weighted by molar-refractivity contribution is -0.117. The molecule has 2 aromatic carbocycles. The second-order valence-electron chi connectivity index (χ2n) is 6.46. The topological polar surface area (TPSA) is 87.3 Å². The van der Waals surface area contributed by atoms with Gasteiger partial charge in [0.25, 0.3) is 0 Å². The number of primary amides is 1. The summed E-state index contributed by atoms with van der Waals surface area (Å²) in [7, 11) is 3.23. The van der Waals surface area contributed by atoms with E-state index in [1.54, 1.807) is 31.8 Å². The summed E-state index contributed by atoms with van der Waals surface area (Å²) in [4.78, 5) is 20.4. The van der Waals surface area contributed by atoms with E-state index in [1.807, 2.05) is 48.5 Å². The molecule has 0 unspecified atom stereocenters. The van der Waals surface area contributed by atoms with Gasteiger partial charge in [0.05, 0.1) is 30.9 Å². The summed E-state index contributed by atoms with van der Waals surface area (Å²) in [6, 6.07) is 15.5. The number of hydrogen-bond acceptors (Lipinski definition) is 6. The second kappa shape index (κ2) is 7.89. The number of aromatic nitrogens is 2. The lowest BCUT2D eigenvalue weighted by atomic mass is 9.97. The molecule has 0 saturated heterocycles. The normalized spacial score (nSPS) is 10.8. The highest BCUT2D eigenvalue weighted by Gasteiger charge is 2.15. The molecular weight excluding hydrogens is 386 g/mol. The van der Waals surface area contributed by atoms with Crippen molar-refractivity contribution in [2.24, 2.45) is 5.73 Å². The fourth-order valence-electron chi connectivity index (χ4n) is 3.17. The summed E-state index contributed by atoms with van der Waals surface area (Å²) in [5.41, 5.74) is 10.00. The van der Waals surface area contributed by atoms with Crippen molar-refractivity contribution >= 4 is 27.5 Å². The molecule has 2 heterocycles. The minimum absolute atomic E-state index is 0.172. The Labute approximate surface area is 171 Å². The van der Waals surface area contributed by atoms with Gasteiger partial charge in [0.2, 0.25) is 11.8 Å². The predicted molar refractivity (Wildman–Crippen MR) is 114 cm³/mol. The molecule has 0 aliphatic heterocycles. The van der Waals surface area contributed by atoms with Gasteiger partial charge in [-0.15, -0.1) is 11.3 Å². The Bertz CT molecular complexity index is 1200. The number of pyridine rings is 1. The molecule has 2 aromatic heterocycles. The Morgan fingerprint density at radius 1 is 1.03 bits per heavy atom. The zero-order chi connectivity index (χ0) is 20.4. The fraction of sp³-hybridized carbons (Fsp3) is 0.136. The van der Waals surface area contributed by atoms with E-state index in [0.717, 1.165) is 43.2 Å². The number of thiazole rings is 1. The van der Waals surface area contributed by atoms with Crippen molar-refractivity contribution in [1.29, 1.82) is 0 Å². The molecule has 0 aliphatic rings. The van der Waals surface area contributed by atoms with E-state index in [4.69, 9.17) is 20.2 Å². The molecule has 2 N–H and O–H groups in total. The van der Waals surface area contributed by atoms with Crippen LogP contribution in [0.4, 0.5) is 0 Å². The molecule has 0 atom stereocenters. The molecular formula is C22H19N3O3S. The van der Waals surface area contributed by atoms with Gasteiger partial charge in [0.15, 0.2) is 0 Å². The molecule has 0 fully saturated rings. The van der Waals surface area contributed by atoms with Gasteiger partial charge in [-0.1, -0.05) is 12.1 Å². The first kappa shape index (κ1) is 18.9. The van der Waals surface area contributed by atoms with Gasteiger partial charge in [-0.05, 0) is 47.0 Å². The molecule has 0 aliphatic carbocycles. The highest BCUT2D eigenvalue weighted by Crippen LogP contribution is 2.38. The quantitative estimate of drug-likeness (QED) is 0.522. The summed E-state index contributed by atoms with van der Waals surface area (Å²) < 4.78 is 11.6. The van der Waals surface area contributed by atoms with Gasteiger partial charge < -0.3 is 15.2 Å². The zero-order valence-electron chi connectivity index (χ0n) is 16.0. The van der Waals surface area contributed by atoms with Crippen molar-refractivity contribution in [3.05, 3.63) is 60.3 Å².